The monoisotopic (exact) mass is 249 g/mol. The van der Waals surface area contributed by atoms with Gasteiger partial charge in [0.05, 0.1) is 5.41 Å². The largest absolute Gasteiger partial charge is 0.452 e. The van der Waals surface area contributed by atoms with Crippen LogP contribution in [0.3, 0.4) is 0 Å². The van der Waals surface area contributed by atoms with Gasteiger partial charge in [-0.05, 0) is 11.3 Å². The molecule has 0 saturated carbocycles. The van der Waals surface area contributed by atoms with E-state index in [0.29, 0.717) is 12.2 Å². The average Bonchev–Trinajstić information content (AvgIpc) is 2.79. The Morgan fingerprint density at radius 2 is 2.33 bits per heavy atom. The van der Waals surface area contributed by atoms with E-state index in [4.69, 9.17) is 10.0 Å². The van der Waals surface area contributed by atoms with E-state index in [-0.39, 0.29) is 12.1 Å². The third kappa shape index (κ3) is 2.34. The highest BCUT2D eigenvalue weighted by Crippen LogP contribution is 2.35. The number of aromatic nitrogens is 2. The summed E-state index contributed by atoms with van der Waals surface area (Å²) in [6, 6.07) is 0. The summed E-state index contributed by atoms with van der Waals surface area (Å²) in [5.74, 6) is 0.155. The van der Waals surface area contributed by atoms with E-state index in [0.717, 1.165) is 6.20 Å². The second-order valence-corrected chi connectivity index (χ2v) is 4.21. The van der Waals surface area contributed by atoms with Crippen LogP contribution in [-0.4, -0.2) is 32.1 Å². The standard InChI is InChI=1S/C10H12BN3O4/c15-11(16)7-10(4-2-1-3-5-10)9-12-6-8(13-9)14(17)18/h1-4,6,15-16H,5,7H2,(H,12,13). The molecule has 1 aromatic heterocycles. The number of allylic oxidation sites excluding steroid dienone is 4. The van der Waals surface area contributed by atoms with Gasteiger partial charge in [-0.1, -0.05) is 24.3 Å². The van der Waals surface area contributed by atoms with Crippen molar-refractivity contribution in [3.8, 4) is 0 Å². The number of hydrogen-bond donors (Lipinski definition) is 3. The molecule has 1 atom stereocenters. The second-order valence-electron chi connectivity index (χ2n) is 4.21. The molecule has 1 aliphatic carbocycles. The Morgan fingerprint density at radius 1 is 1.56 bits per heavy atom. The highest BCUT2D eigenvalue weighted by molar-refractivity contribution is 6.41. The molecule has 2 rings (SSSR count). The van der Waals surface area contributed by atoms with Crippen molar-refractivity contribution in [2.45, 2.75) is 18.2 Å². The highest BCUT2D eigenvalue weighted by atomic mass is 16.6. The molecule has 7 nitrogen and oxygen atoms in total. The molecule has 0 bridgehead atoms. The van der Waals surface area contributed by atoms with Crippen LogP contribution in [0.5, 0.6) is 0 Å². The molecular formula is C10H12BN3O4. The first-order chi connectivity index (χ1) is 8.53. The molecule has 0 saturated heterocycles. The molecular weight excluding hydrogens is 237 g/mol. The third-order valence-corrected chi connectivity index (χ3v) is 2.92. The normalized spacial score (nSPS) is 22.1. The number of imidazole rings is 1. The molecule has 18 heavy (non-hydrogen) atoms. The SMILES string of the molecule is O=[N+]([O-])c1cnc(C2(CB(O)O)C=CC=CC2)[nH]1. The van der Waals surface area contributed by atoms with Crippen molar-refractivity contribution in [2.75, 3.05) is 0 Å². The molecule has 0 spiro atoms. The van der Waals surface area contributed by atoms with Gasteiger partial charge in [-0.3, -0.25) is 0 Å². The van der Waals surface area contributed by atoms with Crippen LogP contribution in [0, 0.1) is 10.1 Å². The average molecular weight is 249 g/mol. The summed E-state index contributed by atoms with van der Waals surface area (Å²) in [5, 5.41) is 29.0. The zero-order valence-electron chi connectivity index (χ0n) is 9.48. The Hall–Kier alpha value is -1.93. The molecule has 0 fully saturated rings. The Kier molecular flexibility index (Phi) is 3.31. The fraction of sp³-hybridized carbons (Fsp3) is 0.300. The maximum absolute atomic E-state index is 10.6. The maximum Gasteiger partial charge on any atom is 0.452 e. The van der Waals surface area contributed by atoms with Gasteiger partial charge in [0.1, 0.15) is 6.20 Å². The summed E-state index contributed by atoms with van der Waals surface area (Å²) in [4.78, 5) is 16.7. The predicted octanol–water partition coefficient (Wildman–Crippen LogP) is 0.545. The Bertz CT molecular complexity index is 511. The minimum absolute atomic E-state index is 0.0263. The Morgan fingerprint density at radius 3 is 2.83 bits per heavy atom. The van der Waals surface area contributed by atoms with E-state index in [1.807, 2.05) is 12.2 Å². The van der Waals surface area contributed by atoms with Crippen LogP contribution < -0.4 is 0 Å². The number of nitro groups is 1. The van der Waals surface area contributed by atoms with Gasteiger partial charge in [-0.25, -0.2) is 9.97 Å². The summed E-state index contributed by atoms with van der Waals surface area (Å²) < 4.78 is 0. The topological polar surface area (TPSA) is 112 Å². The number of nitrogens with zero attached hydrogens (tertiary/aromatic N) is 2. The Labute approximate surface area is 103 Å². The number of aromatic amines is 1. The fourth-order valence-corrected chi connectivity index (χ4v) is 2.07. The lowest BCUT2D eigenvalue weighted by molar-refractivity contribution is -0.389. The number of nitrogens with one attached hydrogen (secondary N) is 1. The van der Waals surface area contributed by atoms with Crippen LogP contribution in [0.4, 0.5) is 5.82 Å². The number of rotatable bonds is 4. The number of hydrogen-bond acceptors (Lipinski definition) is 5. The first-order valence-corrected chi connectivity index (χ1v) is 5.44. The highest BCUT2D eigenvalue weighted by Gasteiger charge is 2.39. The molecule has 0 radical (unpaired) electrons. The number of H-pyrrole nitrogens is 1. The van der Waals surface area contributed by atoms with E-state index in [9.17, 15) is 10.1 Å². The molecule has 0 aromatic carbocycles. The van der Waals surface area contributed by atoms with Gasteiger partial charge in [0, 0.05) is 6.32 Å². The first kappa shape index (κ1) is 12.5. The molecule has 94 valence electrons. The van der Waals surface area contributed by atoms with Crippen molar-refractivity contribution < 1.29 is 15.0 Å². The lowest BCUT2D eigenvalue weighted by Gasteiger charge is -2.26. The van der Waals surface area contributed by atoms with Crippen molar-refractivity contribution in [3.05, 3.63) is 46.4 Å². The summed E-state index contributed by atoms with van der Waals surface area (Å²) in [5.41, 5.74) is -0.739. The zero-order valence-corrected chi connectivity index (χ0v) is 9.48. The lowest BCUT2D eigenvalue weighted by atomic mass is 9.65. The smallest absolute Gasteiger partial charge is 0.427 e. The molecule has 8 heteroatoms. The van der Waals surface area contributed by atoms with Crippen LogP contribution >= 0.6 is 0 Å². The fourth-order valence-electron chi connectivity index (χ4n) is 2.07. The van der Waals surface area contributed by atoms with Crippen LogP contribution in [0.15, 0.2) is 30.5 Å². The minimum Gasteiger partial charge on any atom is -0.427 e. The molecule has 1 aliphatic rings. The van der Waals surface area contributed by atoms with Crippen LogP contribution in [0.1, 0.15) is 12.2 Å². The Balaban J connectivity index is 2.36. The van der Waals surface area contributed by atoms with Crippen molar-refractivity contribution in [3.63, 3.8) is 0 Å². The van der Waals surface area contributed by atoms with Gasteiger partial charge < -0.3 is 20.2 Å². The van der Waals surface area contributed by atoms with Gasteiger partial charge in [-0.15, -0.1) is 0 Å². The summed E-state index contributed by atoms with van der Waals surface area (Å²) in [6.07, 6.45) is 8.89. The second kappa shape index (κ2) is 4.75. The van der Waals surface area contributed by atoms with Gasteiger partial charge >= 0.3 is 12.9 Å². The van der Waals surface area contributed by atoms with Crippen LogP contribution in [0.25, 0.3) is 0 Å². The quantitative estimate of drug-likeness (QED) is 0.409. The summed E-state index contributed by atoms with van der Waals surface area (Å²) in [6.45, 7) is 0. The van der Waals surface area contributed by atoms with Crippen molar-refractivity contribution >= 4 is 12.9 Å². The van der Waals surface area contributed by atoms with Crippen LogP contribution in [0.2, 0.25) is 6.32 Å². The van der Waals surface area contributed by atoms with Crippen molar-refractivity contribution in [1.29, 1.82) is 0 Å². The van der Waals surface area contributed by atoms with Crippen molar-refractivity contribution in [1.82, 2.24) is 9.97 Å². The molecule has 0 aliphatic heterocycles. The van der Waals surface area contributed by atoms with Crippen molar-refractivity contribution in [2.24, 2.45) is 0 Å². The predicted molar refractivity (Wildman–Crippen MR) is 64.8 cm³/mol. The first-order valence-electron chi connectivity index (χ1n) is 5.44. The molecule has 1 aromatic rings. The van der Waals surface area contributed by atoms with Gasteiger partial charge in [-0.2, -0.15) is 0 Å². The lowest BCUT2D eigenvalue weighted by Crippen LogP contribution is -2.32. The van der Waals surface area contributed by atoms with E-state index in [2.05, 4.69) is 9.97 Å². The minimum atomic E-state index is -1.51. The zero-order chi connectivity index (χ0) is 13.2. The van der Waals surface area contributed by atoms with E-state index in [1.165, 1.54) is 0 Å². The molecule has 1 heterocycles. The van der Waals surface area contributed by atoms with Gasteiger partial charge in [0.15, 0.2) is 0 Å². The maximum atomic E-state index is 10.6. The molecule has 1 unspecified atom stereocenters. The van der Waals surface area contributed by atoms with E-state index in [1.54, 1.807) is 12.2 Å². The van der Waals surface area contributed by atoms with E-state index >= 15 is 0 Å². The van der Waals surface area contributed by atoms with Crippen LogP contribution in [-0.2, 0) is 5.41 Å². The molecule has 3 N–H and O–H groups in total. The summed E-state index contributed by atoms with van der Waals surface area (Å²) in [7, 11) is -1.51. The molecule has 0 amide bonds. The van der Waals surface area contributed by atoms with Gasteiger partial charge in [0.25, 0.3) is 0 Å². The third-order valence-electron chi connectivity index (χ3n) is 2.92. The summed E-state index contributed by atoms with van der Waals surface area (Å²) >= 11 is 0. The van der Waals surface area contributed by atoms with Gasteiger partial charge in [0.2, 0.25) is 5.82 Å². The van der Waals surface area contributed by atoms with E-state index < -0.39 is 17.5 Å².